The largest absolute Gasteiger partial charge is 0.481 e. The van der Waals surface area contributed by atoms with Crippen LogP contribution in [0.25, 0.3) is 0 Å². The highest BCUT2D eigenvalue weighted by Gasteiger charge is 2.21. The van der Waals surface area contributed by atoms with Crippen molar-refractivity contribution in [2.24, 2.45) is 0 Å². The number of carboxylic acids is 1. The first-order valence-corrected chi connectivity index (χ1v) is 12.7. The van der Waals surface area contributed by atoms with Crippen LogP contribution < -0.4 is 16.0 Å². The summed E-state index contributed by atoms with van der Waals surface area (Å²) in [5.74, 6) is -2.27. The van der Waals surface area contributed by atoms with Gasteiger partial charge in [-0.3, -0.25) is 19.3 Å². The maximum Gasteiger partial charge on any atom is 0.323 e. The van der Waals surface area contributed by atoms with Gasteiger partial charge in [0.15, 0.2) is 0 Å². The van der Waals surface area contributed by atoms with E-state index in [0.717, 1.165) is 13.1 Å². The second kappa shape index (κ2) is 14.8. The van der Waals surface area contributed by atoms with Crippen molar-refractivity contribution < 1.29 is 33.4 Å². The van der Waals surface area contributed by atoms with Gasteiger partial charge in [-0.2, -0.15) is 0 Å². The molecule has 0 aromatic heterocycles. The number of morpholine rings is 1. The van der Waals surface area contributed by atoms with Crippen LogP contribution in [0.4, 0.5) is 20.6 Å². The highest BCUT2D eigenvalue weighted by molar-refractivity contribution is 5.99. The van der Waals surface area contributed by atoms with E-state index in [2.05, 4.69) is 20.9 Å². The summed E-state index contributed by atoms with van der Waals surface area (Å²) in [7, 11) is 0. The Labute approximate surface area is 226 Å². The molecule has 1 aliphatic rings. The zero-order valence-corrected chi connectivity index (χ0v) is 21.8. The third-order valence-electron chi connectivity index (χ3n) is 6.05. The molecule has 1 saturated heterocycles. The maximum atomic E-state index is 13.7. The number of carboxylic acid groups (broad SMARTS) is 1. The number of halogens is 1. The third kappa shape index (κ3) is 10.3. The molecule has 11 nitrogen and oxygen atoms in total. The fourth-order valence-corrected chi connectivity index (χ4v) is 4.03. The molecule has 0 spiro atoms. The lowest BCUT2D eigenvalue weighted by atomic mass is 10.1. The molecule has 1 atom stereocenters. The van der Waals surface area contributed by atoms with E-state index in [1.165, 1.54) is 23.1 Å². The summed E-state index contributed by atoms with van der Waals surface area (Å²) >= 11 is 0. The third-order valence-corrected chi connectivity index (χ3v) is 6.05. The Morgan fingerprint density at radius 2 is 1.74 bits per heavy atom. The van der Waals surface area contributed by atoms with Crippen LogP contribution >= 0.6 is 0 Å². The average Bonchev–Trinajstić information content (AvgIpc) is 2.89. The van der Waals surface area contributed by atoms with Crippen LogP contribution in [0, 0.1) is 5.82 Å². The molecule has 0 saturated carbocycles. The maximum absolute atomic E-state index is 13.7. The summed E-state index contributed by atoms with van der Waals surface area (Å²) in [5, 5.41) is 16.6. The molecule has 1 heterocycles. The summed E-state index contributed by atoms with van der Waals surface area (Å²) in [4.78, 5) is 52.4. The molecular weight excluding hydrogens is 509 g/mol. The van der Waals surface area contributed by atoms with Crippen LogP contribution in [-0.4, -0.2) is 90.7 Å². The number of amides is 4. The van der Waals surface area contributed by atoms with Gasteiger partial charge in [-0.1, -0.05) is 24.3 Å². The quantitative estimate of drug-likeness (QED) is 0.322. The van der Waals surface area contributed by atoms with Gasteiger partial charge in [0.05, 0.1) is 38.3 Å². The minimum Gasteiger partial charge on any atom is -0.481 e. The van der Waals surface area contributed by atoms with Crippen molar-refractivity contribution in [3.63, 3.8) is 0 Å². The van der Waals surface area contributed by atoms with Crippen LogP contribution in [0.3, 0.4) is 0 Å². The summed E-state index contributed by atoms with van der Waals surface area (Å²) in [6.45, 7) is 5.01. The van der Waals surface area contributed by atoms with Crippen LogP contribution in [0.2, 0.25) is 0 Å². The minimum atomic E-state index is -1.02. The van der Waals surface area contributed by atoms with Crippen LogP contribution in [-0.2, 0) is 25.5 Å². The van der Waals surface area contributed by atoms with Crippen molar-refractivity contribution in [2.75, 3.05) is 56.6 Å². The van der Waals surface area contributed by atoms with Crippen molar-refractivity contribution in [1.29, 1.82) is 0 Å². The van der Waals surface area contributed by atoms with E-state index in [-0.39, 0.29) is 31.0 Å². The Morgan fingerprint density at radius 1 is 1.05 bits per heavy atom. The number of benzene rings is 2. The lowest BCUT2D eigenvalue weighted by molar-refractivity contribution is -0.138. The molecule has 1 aliphatic heterocycles. The van der Waals surface area contributed by atoms with Crippen LogP contribution in [0.1, 0.15) is 18.9 Å². The number of nitrogens with one attached hydrogen (secondary N) is 3. The van der Waals surface area contributed by atoms with Gasteiger partial charge in [0.25, 0.3) is 0 Å². The lowest BCUT2D eigenvalue weighted by Gasteiger charge is -2.30. The first-order chi connectivity index (χ1) is 18.7. The number of carbonyl (C=O) groups excluding carboxylic acids is 3. The van der Waals surface area contributed by atoms with Crippen molar-refractivity contribution in [1.82, 2.24) is 15.1 Å². The number of para-hydroxylation sites is 1. The topological polar surface area (TPSA) is 140 Å². The van der Waals surface area contributed by atoms with Gasteiger partial charge in [-0.25, -0.2) is 9.18 Å². The van der Waals surface area contributed by atoms with E-state index < -0.39 is 29.8 Å². The zero-order chi connectivity index (χ0) is 28.2. The second-order valence-electron chi connectivity index (χ2n) is 9.27. The number of hydrogen-bond acceptors (Lipinski definition) is 6. The SMILES string of the molecule is CC(CC(=O)O)NC(=O)CN(CCN1CCOCC1)C(=O)Cc1ccc(NC(=O)Nc2ccccc2F)cc1. The van der Waals surface area contributed by atoms with E-state index in [9.17, 15) is 23.6 Å². The van der Waals surface area contributed by atoms with Crippen molar-refractivity contribution in [2.45, 2.75) is 25.8 Å². The zero-order valence-electron chi connectivity index (χ0n) is 21.8. The predicted octanol–water partition coefficient (Wildman–Crippen LogP) is 2.15. The fourth-order valence-electron chi connectivity index (χ4n) is 4.03. The van der Waals surface area contributed by atoms with E-state index in [4.69, 9.17) is 9.84 Å². The number of rotatable bonds is 12. The molecule has 0 radical (unpaired) electrons. The Kier molecular flexibility index (Phi) is 11.2. The molecule has 3 rings (SSSR count). The predicted molar refractivity (Wildman–Crippen MR) is 143 cm³/mol. The van der Waals surface area contributed by atoms with Gasteiger partial charge in [-0.15, -0.1) is 0 Å². The highest BCUT2D eigenvalue weighted by atomic mass is 19.1. The summed E-state index contributed by atoms with van der Waals surface area (Å²) in [6.07, 6.45) is -0.186. The van der Waals surface area contributed by atoms with E-state index >= 15 is 0 Å². The van der Waals surface area contributed by atoms with Gasteiger partial charge in [0.2, 0.25) is 11.8 Å². The number of anilines is 2. The van der Waals surface area contributed by atoms with Gasteiger partial charge < -0.3 is 30.7 Å². The van der Waals surface area contributed by atoms with E-state index in [0.29, 0.717) is 37.6 Å². The van der Waals surface area contributed by atoms with Gasteiger partial charge >= 0.3 is 12.0 Å². The van der Waals surface area contributed by atoms with Gasteiger partial charge in [0, 0.05) is 37.9 Å². The summed E-state index contributed by atoms with van der Waals surface area (Å²) < 4.78 is 19.1. The molecule has 0 bridgehead atoms. The molecule has 1 fully saturated rings. The molecule has 1 unspecified atom stereocenters. The highest BCUT2D eigenvalue weighted by Crippen LogP contribution is 2.15. The normalized spacial score (nSPS) is 14.2. The Morgan fingerprint density at radius 3 is 2.41 bits per heavy atom. The van der Waals surface area contributed by atoms with Gasteiger partial charge in [0.1, 0.15) is 5.82 Å². The molecule has 210 valence electrons. The van der Waals surface area contributed by atoms with Crippen molar-refractivity contribution >= 4 is 35.2 Å². The average molecular weight is 544 g/mol. The standard InChI is InChI=1S/C27H34FN5O6/c1-19(16-26(36)37)29-24(34)18-33(11-10-32-12-14-39-15-13-32)25(35)17-20-6-8-21(9-7-20)30-27(38)31-23-5-3-2-4-22(23)28/h2-9,19H,10-18H2,1H3,(H,29,34)(H,36,37)(H2,30,31,38). The molecular formula is C27H34FN5O6. The van der Waals surface area contributed by atoms with Crippen LogP contribution in [0.5, 0.6) is 0 Å². The Hall–Kier alpha value is -4.03. The molecule has 2 aromatic rings. The number of nitrogens with zero attached hydrogens (tertiary/aromatic N) is 2. The summed E-state index contributed by atoms with van der Waals surface area (Å²) in [5.41, 5.74) is 1.18. The minimum absolute atomic E-state index is 0.0305. The first-order valence-electron chi connectivity index (χ1n) is 12.7. The van der Waals surface area contributed by atoms with Crippen molar-refractivity contribution in [3.05, 3.63) is 59.9 Å². The Bertz CT molecular complexity index is 1140. The number of urea groups is 1. The molecule has 4 N–H and O–H groups in total. The molecule has 4 amide bonds. The molecule has 0 aliphatic carbocycles. The monoisotopic (exact) mass is 543 g/mol. The number of aliphatic carboxylic acids is 1. The Balaban J connectivity index is 1.57. The number of hydrogen-bond donors (Lipinski definition) is 4. The number of ether oxygens (including phenoxy) is 1. The van der Waals surface area contributed by atoms with Crippen LogP contribution in [0.15, 0.2) is 48.5 Å². The second-order valence-corrected chi connectivity index (χ2v) is 9.27. The molecule has 39 heavy (non-hydrogen) atoms. The van der Waals surface area contributed by atoms with E-state index in [1.54, 1.807) is 37.3 Å². The molecule has 2 aromatic carbocycles. The van der Waals surface area contributed by atoms with E-state index in [1.807, 2.05) is 0 Å². The van der Waals surface area contributed by atoms with Gasteiger partial charge in [-0.05, 0) is 36.8 Å². The number of carbonyl (C=O) groups is 4. The summed E-state index contributed by atoms with van der Waals surface area (Å²) in [6, 6.07) is 11.3. The smallest absolute Gasteiger partial charge is 0.323 e. The lowest BCUT2D eigenvalue weighted by Crippen LogP contribution is -2.48. The molecule has 12 heteroatoms. The fraction of sp³-hybridized carbons (Fsp3) is 0.407. The first kappa shape index (κ1) is 29.5. The van der Waals surface area contributed by atoms with Crippen molar-refractivity contribution in [3.8, 4) is 0 Å².